The Morgan fingerprint density at radius 1 is 1.00 bits per heavy atom. The van der Waals surface area contributed by atoms with Crippen molar-refractivity contribution in [3.8, 4) is 0 Å². The molecule has 2 unspecified atom stereocenters. The van der Waals surface area contributed by atoms with Crippen molar-refractivity contribution >= 4 is 5.78 Å². The lowest BCUT2D eigenvalue weighted by Crippen LogP contribution is -2.55. The van der Waals surface area contributed by atoms with Gasteiger partial charge in [-0.05, 0) is 92.8 Å². The van der Waals surface area contributed by atoms with Gasteiger partial charge in [0.25, 0.3) is 0 Å². The topological polar surface area (TPSA) is 37.3 Å². The number of carbonyl (C=O) groups is 1. The zero-order valence-electron chi connectivity index (χ0n) is 16.5. The van der Waals surface area contributed by atoms with Crippen LogP contribution in [0.4, 0.5) is 13.2 Å². The lowest BCUT2D eigenvalue weighted by molar-refractivity contribution is -0.282. The van der Waals surface area contributed by atoms with Crippen molar-refractivity contribution in [1.82, 2.24) is 0 Å². The molecule has 4 saturated carbocycles. The largest absolute Gasteiger partial charge is 0.417 e. The number of alkyl halides is 3. The number of hydrogen-bond donors (Lipinski definition) is 1. The van der Waals surface area contributed by atoms with E-state index in [2.05, 4.69) is 6.92 Å². The predicted octanol–water partition coefficient (Wildman–Crippen LogP) is 5.53. The third-order valence-electron chi connectivity index (χ3n) is 9.27. The number of halogens is 3. The van der Waals surface area contributed by atoms with E-state index in [1.54, 1.807) is 0 Å². The van der Waals surface area contributed by atoms with Crippen molar-refractivity contribution in [2.24, 2.45) is 40.9 Å². The van der Waals surface area contributed by atoms with Crippen LogP contribution in [0.1, 0.15) is 78.1 Å². The zero-order valence-corrected chi connectivity index (χ0v) is 16.5. The standard InChI is InChI=1S/C22H33F3O2/c1-3-19(26)18-7-6-17-16-5-4-13-12-21(27,22(23,24)25)11-9-14(13)15(16)8-10-20(17,18)2/h13-18,27H,3-12H2,1-2H3/t13?,14?,15-,16-,17+,18-,20+,21-/m1/s1. The van der Waals surface area contributed by atoms with Gasteiger partial charge in [-0.2, -0.15) is 13.2 Å². The molecule has 0 radical (unpaired) electrons. The van der Waals surface area contributed by atoms with Crippen LogP contribution in [0.3, 0.4) is 0 Å². The number of carbonyl (C=O) groups excluding carboxylic acids is 1. The van der Waals surface area contributed by atoms with Gasteiger partial charge in [0, 0.05) is 12.3 Å². The van der Waals surface area contributed by atoms with Crippen molar-refractivity contribution in [3.63, 3.8) is 0 Å². The normalized spacial score (nSPS) is 49.9. The Morgan fingerprint density at radius 3 is 2.37 bits per heavy atom. The summed E-state index contributed by atoms with van der Waals surface area (Å²) in [5.74, 6) is 2.54. The molecule has 4 aliphatic rings. The highest BCUT2D eigenvalue weighted by Crippen LogP contribution is 2.65. The number of hydrogen-bond acceptors (Lipinski definition) is 2. The highest BCUT2D eigenvalue weighted by atomic mass is 19.4. The monoisotopic (exact) mass is 386 g/mol. The fourth-order valence-electron chi connectivity index (χ4n) is 7.91. The minimum absolute atomic E-state index is 0.00505. The maximum absolute atomic E-state index is 13.3. The SMILES string of the molecule is CCC(=O)[C@H]1CC[C@H]2[C@@H]3CCC4C[C@@](O)(C(F)(F)F)CCC4[C@H]3CC[C@]12C. The molecule has 4 fully saturated rings. The zero-order chi connectivity index (χ0) is 19.6. The van der Waals surface area contributed by atoms with Gasteiger partial charge in [0.2, 0.25) is 0 Å². The molecule has 0 aliphatic heterocycles. The molecule has 0 heterocycles. The van der Waals surface area contributed by atoms with Crippen molar-refractivity contribution < 1.29 is 23.1 Å². The molecule has 5 heteroatoms. The van der Waals surface area contributed by atoms with Crippen molar-refractivity contribution in [1.29, 1.82) is 0 Å². The lowest BCUT2D eigenvalue weighted by atomic mass is 9.48. The molecular formula is C22H33F3O2. The number of aliphatic hydroxyl groups is 1. The molecular weight excluding hydrogens is 353 g/mol. The molecule has 0 saturated heterocycles. The van der Waals surface area contributed by atoms with E-state index in [4.69, 9.17) is 0 Å². The highest BCUT2D eigenvalue weighted by molar-refractivity contribution is 5.81. The molecule has 2 nitrogen and oxygen atoms in total. The Bertz CT molecular complexity index is 603. The third-order valence-corrected chi connectivity index (χ3v) is 9.27. The minimum Gasteiger partial charge on any atom is -0.380 e. The summed E-state index contributed by atoms with van der Waals surface area (Å²) in [7, 11) is 0. The van der Waals surface area contributed by atoms with Crippen LogP contribution in [0, 0.1) is 40.9 Å². The molecule has 4 rings (SSSR count). The maximum atomic E-state index is 13.3. The Balaban J connectivity index is 1.52. The summed E-state index contributed by atoms with van der Waals surface area (Å²) in [6, 6.07) is 0. The first kappa shape index (κ1) is 19.7. The van der Waals surface area contributed by atoms with Crippen LogP contribution in [-0.4, -0.2) is 22.7 Å². The second kappa shape index (κ2) is 6.47. The Kier molecular flexibility index (Phi) is 4.72. The summed E-state index contributed by atoms with van der Waals surface area (Å²) >= 11 is 0. The Labute approximate surface area is 160 Å². The van der Waals surface area contributed by atoms with Gasteiger partial charge in [-0.1, -0.05) is 13.8 Å². The molecule has 0 aromatic carbocycles. The predicted molar refractivity (Wildman–Crippen MR) is 96.9 cm³/mol. The second-order valence-electron chi connectivity index (χ2n) is 10.2. The summed E-state index contributed by atoms with van der Waals surface area (Å²) in [4.78, 5) is 12.5. The Hall–Kier alpha value is -0.580. The second-order valence-corrected chi connectivity index (χ2v) is 10.2. The van der Waals surface area contributed by atoms with Gasteiger partial charge < -0.3 is 5.11 Å². The number of rotatable bonds is 2. The summed E-state index contributed by atoms with van der Waals surface area (Å²) in [5, 5.41) is 10.2. The van der Waals surface area contributed by atoms with Gasteiger partial charge in [-0.3, -0.25) is 4.79 Å². The van der Waals surface area contributed by atoms with Crippen LogP contribution in [0.5, 0.6) is 0 Å². The fourth-order valence-corrected chi connectivity index (χ4v) is 7.91. The fraction of sp³-hybridized carbons (Fsp3) is 0.955. The van der Waals surface area contributed by atoms with E-state index in [9.17, 15) is 23.1 Å². The molecule has 8 atom stereocenters. The summed E-state index contributed by atoms with van der Waals surface area (Å²) in [6.07, 6.45) is 2.35. The van der Waals surface area contributed by atoms with E-state index in [0.717, 1.165) is 38.5 Å². The van der Waals surface area contributed by atoms with Crippen LogP contribution in [0.25, 0.3) is 0 Å². The molecule has 0 spiro atoms. The average molecular weight is 386 g/mol. The molecule has 0 aromatic rings. The van der Waals surface area contributed by atoms with Crippen molar-refractivity contribution in [3.05, 3.63) is 0 Å². The molecule has 1 N–H and O–H groups in total. The number of ketones is 1. The van der Waals surface area contributed by atoms with Gasteiger partial charge in [0.15, 0.2) is 5.60 Å². The van der Waals surface area contributed by atoms with Gasteiger partial charge in [0.05, 0.1) is 0 Å². The Morgan fingerprint density at radius 2 is 1.70 bits per heavy atom. The summed E-state index contributed by atoms with van der Waals surface area (Å²) in [5.41, 5.74) is -2.38. The molecule has 0 bridgehead atoms. The summed E-state index contributed by atoms with van der Waals surface area (Å²) in [6.45, 7) is 4.27. The molecule has 154 valence electrons. The molecule has 0 amide bonds. The highest BCUT2D eigenvalue weighted by Gasteiger charge is 2.62. The molecule has 27 heavy (non-hydrogen) atoms. The smallest absolute Gasteiger partial charge is 0.380 e. The summed E-state index contributed by atoms with van der Waals surface area (Å²) < 4.78 is 39.9. The van der Waals surface area contributed by atoms with E-state index in [0.29, 0.717) is 42.3 Å². The van der Waals surface area contributed by atoms with E-state index in [1.807, 2.05) is 6.92 Å². The van der Waals surface area contributed by atoms with Crippen LogP contribution < -0.4 is 0 Å². The van der Waals surface area contributed by atoms with Gasteiger partial charge >= 0.3 is 6.18 Å². The maximum Gasteiger partial charge on any atom is 0.417 e. The van der Waals surface area contributed by atoms with E-state index < -0.39 is 11.8 Å². The van der Waals surface area contributed by atoms with Crippen LogP contribution in [-0.2, 0) is 4.79 Å². The first-order chi connectivity index (χ1) is 12.6. The quantitative estimate of drug-likeness (QED) is 0.678. The first-order valence-corrected chi connectivity index (χ1v) is 10.9. The molecule has 4 aliphatic carbocycles. The third kappa shape index (κ3) is 2.89. The van der Waals surface area contributed by atoms with Crippen LogP contribution in [0.15, 0.2) is 0 Å². The van der Waals surface area contributed by atoms with Crippen molar-refractivity contribution in [2.75, 3.05) is 0 Å². The van der Waals surface area contributed by atoms with Crippen LogP contribution in [0.2, 0.25) is 0 Å². The lowest BCUT2D eigenvalue weighted by Gasteiger charge is -2.57. The minimum atomic E-state index is -4.51. The van der Waals surface area contributed by atoms with E-state index >= 15 is 0 Å². The first-order valence-electron chi connectivity index (χ1n) is 10.9. The van der Waals surface area contributed by atoms with Gasteiger partial charge in [0.1, 0.15) is 5.78 Å². The van der Waals surface area contributed by atoms with E-state index in [1.165, 1.54) is 0 Å². The van der Waals surface area contributed by atoms with Crippen molar-refractivity contribution in [2.45, 2.75) is 89.8 Å². The van der Waals surface area contributed by atoms with E-state index in [-0.39, 0.29) is 30.1 Å². The van der Waals surface area contributed by atoms with Gasteiger partial charge in [-0.25, -0.2) is 0 Å². The van der Waals surface area contributed by atoms with Gasteiger partial charge in [-0.15, -0.1) is 0 Å². The number of Topliss-reactive ketones (excluding diaryl/α,β-unsaturated/α-hetero) is 1. The average Bonchev–Trinajstić information content (AvgIpc) is 2.97. The molecule has 0 aromatic heterocycles. The number of fused-ring (bicyclic) bond motifs is 5. The van der Waals surface area contributed by atoms with Crippen LogP contribution >= 0.6 is 0 Å².